The van der Waals surface area contributed by atoms with Crippen LogP contribution in [-0.4, -0.2) is 11.3 Å². The second-order valence-corrected chi connectivity index (χ2v) is 8.18. The molecule has 2 aliphatic rings. The Morgan fingerprint density at radius 1 is 1.00 bits per heavy atom. The van der Waals surface area contributed by atoms with Crippen LogP contribution < -0.4 is 0 Å². The van der Waals surface area contributed by atoms with Gasteiger partial charge in [0.2, 0.25) is 0 Å². The smallest absolute Gasteiger partial charge is 0.0274 e. The fraction of sp³-hybridized carbons (Fsp3) is 0.750. The van der Waals surface area contributed by atoms with Crippen LogP contribution in [0.25, 0.3) is 0 Å². The summed E-state index contributed by atoms with van der Waals surface area (Å²) in [6.45, 7) is 7.23. The summed E-state index contributed by atoms with van der Waals surface area (Å²) < 4.78 is 0. The zero-order valence-electron chi connectivity index (χ0n) is 11.5. The maximum atomic E-state index is 2.41. The molecule has 0 saturated heterocycles. The normalized spacial score (nSPS) is 25.1. The quantitative estimate of drug-likeness (QED) is 0.586. The van der Waals surface area contributed by atoms with E-state index in [1.807, 2.05) is 0 Å². The minimum Gasteiger partial charge on any atom is -0.532 e. The molecule has 17 heavy (non-hydrogen) atoms. The first-order valence-corrected chi connectivity index (χ1v) is 8.15. The summed E-state index contributed by atoms with van der Waals surface area (Å²) in [5.74, 6) is 0.679. The minimum atomic E-state index is 0.419. The van der Waals surface area contributed by atoms with Gasteiger partial charge in [-0.2, -0.15) is 11.3 Å². The van der Waals surface area contributed by atoms with Gasteiger partial charge in [-0.05, 0) is 5.92 Å². The van der Waals surface area contributed by atoms with Crippen molar-refractivity contribution in [3.63, 3.8) is 0 Å². The molecule has 2 aliphatic carbocycles. The summed E-state index contributed by atoms with van der Waals surface area (Å²) >= 11 is 0. The van der Waals surface area contributed by atoms with E-state index in [4.69, 9.17) is 0 Å². The van der Waals surface area contributed by atoms with Crippen molar-refractivity contribution in [1.29, 1.82) is 0 Å². The predicted octanol–water partition coefficient (Wildman–Crippen LogP) is 5.42. The molecule has 0 bridgehead atoms. The molecule has 0 N–H and O–H groups in total. The van der Waals surface area contributed by atoms with Gasteiger partial charge in [0, 0.05) is 0 Å². The molecule has 0 aliphatic heterocycles. The maximum Gasteiger partial charge on any atom is -0.0274 e. The van der Waals surface area contributed by atoms with Crippen molar-refractivity contribution < 1.29 is 0 Å². The summed E-state index contributed by atoms with van der Waals surface area (Å²) in [7, 11) is 1.71. The van der Waals surface area contributed by atoms with Gasteiger partial charge >= 0.3 is 0 Å². The van der Waals surface area contributed by atoms with E-state index in [-0.39, 0.29) is 0 Å². The van der Waals surface area contributed by atoms with E-state index in [2.05, 4.69) is 45.1 Å². The Balaban J connectivity index is 2.00. The molecule has 1 atom stereocenters. The van der Waals surface area contributed by atoms with E-state index in [1.165, 1.54) is 32.1 Å². The van der Waals surface area contributed by atoms with Crippen molar-refractivity contribution in [3.8, 4) is 0 Å². The molecule has 1 saturated carbocycles. The van der Waals surface area contributed by atoms with E-state index in [9.17, 15) is 0 Å². The van der Waals surface area contributed by atoms with Gasteiger partial charge < -0.3 is 8.58 Å². The third kappa shape index (κ3) is 3.68. The fourth-order valence-electron chi connectivity index (χ4n) is 3.02. The Bertz CT molecular complexity index is 277. The topological polar surface area (TPSA) is 0 Å². The van der Waals surface area contributed by atoms with Gasteiger partial charge in [0.1, 0.15) is 0 Å². The summed E-state index contributed by atoms with van der Waals surface area (Å²) in [5, 5.41) is 0. The lowest BCUT2D eigenvalue weighted by atomic mass is 9.84. The lowest BCUT2D eigenvalue weighted by Gasteiger charge is -2.49. The highest BCUT2D eigenvalue weighted by atomic mass is 31.1. The minimum absolute atomic E-state index is 0.419. The average Bonchev–Trinajstić information content (AvgIpc) is 2.79. The molecule has 1 unspecified atom stereocenters. The zero-order valence-corrected chi connectivity index (χ0v) is 12.4. The highest BCUT2D eigenvalue weighted by Gasteiger charge is 2.24. The Morgan fingerprint density at radius 2 is 1.59 bits per heavy atom. The highest BCUT2D eigenvalue weighted by molar-refractivity contribution is 7.39. The molecule has 0 heterocycles. The molecule has 1 fully saturated rings. The van der Waals surface area contributed by atoms with Crippen LogP contribution in [0, 0.1) is 11.3 Å². The molecule has 0 aromatic carbocycles. The number of rotatable bonds is 3. The second kappa shape index (κ2) is 5.70. The Hall–Kier alpha value is -0.0900. The summed E-state index contributed by atoms with van der Waals surface area (Å²) in [6.07, 6.45) is 16.6. The van der Waals surface area contributed by atoms with Crippen molar-refractivity contribution in [2.45, 2.75) is 64.2 Å². The first-order valence-electron chi connectivity index (χ1n) is 7.12. The average molecular weight is 249 g/mol. The van der Waals surface area contributed by atoms with Gasteiger partial charge in [-0.25, -0.2) is 0 Å². The third-order valence-electron chi connectivity index (χ3n) is 3.98. The summed E-state index contributed by atoms with van der Waals surface area (Å²) in [6, 6.07) is 0. The van der Waals surface area contributed by atoms with Crippen LogP contribution in [0.4, 0.5) is 0 Å². The second-order valence-electron chi connectivity index (χ2n) is 6.60. The van der Waals surface area contributed by atoms with E-state index in [1.54, 1.807) is 8.58 Å². The van der Waals surface area contributed by atoms with Crippen molar-refractivity contribution in [2.24, 2.45) is 11.3 Å². The van der Waals surface area contributed by atoms with E-state index < -0.39 is 0 Å². The molecule has 0 amide bonds. The van der Waals surface area contributed by atoms with Gasteiger partial charge in [0.25, 0.3) is 0 Å². The standard InChI is InChI=1S/C16H26P/c1-16(2,3)15(13-9-7-8-10-13)17-14-11-5-4-6-12-14/h7-10,13-15H,4-6,11-12H2,1-3H3/q-1. The first kappa shape index (κ1) is 13.3. The summed E-state index contributed by atoms with van der Waals surface area (Å²) in [5.41, 5.74) is 2.18. The van der Waals surface area contributed by atoms with E-state index >= 15 is 0 Å². The number of allylic oxidation sites excluding steroid dienone is 4. The van der Waals surface area contributed by atoms with Crippen LogP contribution in [0.15, 0.2) is 24.3 Å². The third-order valence-corrected chi connectivity index (χ3v) is 6.35. The van der Waals surface area contributed by atoms with Crippen LogP contribution in [0.3, 0.4) is 0 Å². The summed E-state index contributed by atoms with van der Waals surface area (Å²) in [4.78, 5) is 0. The van der Waals surface area contributed by atoms with Gasteiger partial charge in [-0.3, -0.25) is 0 Å². The molecule has 0 radical (unpaired) electrons. The van der Waals surface area contributed by atoms with Crippen LogP contribution in [-0.2, 0) is 0 Å². The van der Waals surface area contributed by atoms with Crippen molar-refractivity contribution in [2.75, 3.05) is 0 Å². The lowest BCUT2D eigenvalue weighted by molar-refractivity contribution is 0.360. The van der Waals surface area contributed by atoms with Crippen LogP contribution >= 0.6 is 8.58 Å². The van der Waals surface area contributed by atoms with Gasteiger partial charge in [-0.15, -0.1) is 0 Å². The van der Waals surface area contributed by atoms with E-state index in [0.717, 1.165) is 11.3 Å². The Kier molecular flexibility index (Phi) is 4.47. The molecular formula is C16H26P-. The Morgan fingerprint density at radius 3 is 2.12 bits per heavy atom. The Labute approximate surface area is 109 Å². The monoisotopic (exact) mass is 249 g/mol. The SMILES string of the molecule is CC(C)(C)C([P-]C1CCCCC1)C1C=CC=C1. The van der Waals surface area contributed by atoms with E-state index in [0.29, 0.717) is 11.3 Å². The van der Waals surface area contributed by atoms with Crippen LogP contribution in [0.1, 0.15) is 52.9 Å². The van der Waals surface area contributed by atoms with Gasteiger partial charge in [0.15, 0.2) is 0 Å². The fourth-order valence-corrected chi connectivity index (χ4v) is 4.98. The molecule has 0 spiro atoms. The van der Waals surface area contributed by atoms with Crippen LogP contribution in [0.5, 0.6) is 0 Å². The molecule has 96 valence electrons. The van der Waals surface area contributed by atoms with Crippen molar-refractivity contribution in [3.05, 3.63) is 24.3 Å². The highest BCUT2D eigenvalue weighted by Crippen LogP contribution is 2.47. The van der Waals surface area contributed by atoms with Crippen molar-refractivity contribution in [1.82, 2.24) is 0 Å². The van der Waals surface area contributed by atoms with Gasteiger partial charge in [-0.1, -0.05) is 82.6 Å². The number of hydrogen-bond donors (Lipinski definition) is 0. The molecule has 2 rings (SSSR count). The number of hydrogen-bond acceptors (Lipinski definition) is 0. The van der Waals surface area contributed by atoms with Gasteiger partial charge in [0.05, 0.1) is 0 Å². The largest absolute Gasteiger partial charge is 0.532 e. The molecule has 0 aromatic heterocycles. The zero-order chi connectivity index (χ0) is 12.3. The maximum absolute atomic E-state index is 2.41. The molecule has 0 aromatic rings. The van der Waals surface area contributed by atoms with Crippen LogP contribution in [0.2, 0.25) is 0 Å². The lowest BCUT2D eigenvalue weighted by Crippen LogP contribution is -2.30. The predicted molar refractivity (Wildman–Crippen MR) is 78.8 cm³/mol. The van der Waals surface area contributed by atoms with Crippen molar-refractivity contribution >= 4 is 8.58 Å². The first-order chi connectivity index (χ1) is 8.07. The molecule has 0 nitrogen and oxygen atoms in total. The molecule has 1 heteroatoms. The molecular weight excluding hydrogens is 223 g/mol.